The molecule has 1 aromatic carbocycles. The maximum atomic E-state index is 12.5. The van der Waals surface area contributed by atoms with E-state index in [1.807, 2.05) is 38.1 Å². The fraction of sp³-hybridized carbons (Fsp3) is 0.438. The molecule has 0 radical (unpaired) electrons. The highest BCUT2D eigenvalue weighted by molar-refractivity contribution is 5.81. The first kappa shape index (κ1) is 13.8. The van der Waals surface area contributed by atoms with Gasteiger partial charge in [0.2, 0.25) is 0 Å². The summed E-state index contributed by atoms with van der Waals surface area (Å²) in [5, 5.41) is 8.49. The minimum atomic E-state index is -0.495. The molecule has 5 heteroatoms. The van der Waals surface area contributed by atoms with Gasteiger partial charge < -0.3 is 9.30 Å². The first-order chi connectivity index (χ1) is 10.2. The van der Waals surface area contributed by atoms with Gasteiger partial charge in [-0.3, -0.25) is 4.79 Å². The predicted octanol–water partition coefficient (Wildman–Crippen LogP) is 2.23. The number of carbonyl (C=O) groups is 1. The highest BCUT2D eigenvalue weighted by atomic mass is 16.5. The maximum absolute atomic E-state index is 12.5. The predicted molar refractivity (Wildman–Crippen MR) is 78.0 cm³/mol. The molecule has 0 aliphatic carbocycles. The van der Waals surface area contributed by atoms with Crippen LogP contribution in [0.4, 0.5) is 0 Å². The Hall–Kier alpha value is -2.17. The summed E-state index contributed by atoms with van der Waals surface area (Å²) in [5.41, 5.74) is 2.00. The van der Waals surface area contributed by atoms with Gasteiger partial charge in [-0.05, 0) is 31.4 Å². The Bertz CT molecular complexity index is 663. The zero-order valence-corrected chi connectivity index (χ0v) is 12.4. The van der Waals surface area contributed by atoms with Crippen LogP contribution in [0.15, 0.2) is 24.3 Å². The number of carbonyl (C=O) groups excluding carboxylic acids is 1. The summed E-state index contributed by atoms with van der Waals surface area (Å²) in [4.78, 5) is 12.5. The monoisotopic (exact) mass is 285 g/mol. The van der Waals surface area contributed by atoms with Crippen LogP contribution in [0.5, 0.6) is 0 Å². The van der Waals surface area contributed by atoms with Crippen molar-refractivity contribution in [3.63, 3.8) is 0 Å². The molecule has 3 rings (SSSR count). The van der Waals surface area contributed by atoms with Gasteiger partial charge in [-0.25, -0.2) is 0 Å². The van der Waals surface area contributed by atoms with Crippen molar-refractivity contribution in [1.29, 1.82) is 0 Å². The van der Waals surface area contributed by atoms with Crippen molar-refractivity contribution in [2.24, 2.45) is 0 Å². The molecule has 0 fully saturated rings. The number of hydrogen-bond acceptors (Lipinski definition) is 4. The van der Waals surface area contributed by atoms with Crippen LogP contribution in [-0.4, -0.2) is 27.3 Å². The Labute approximate surface area is 124 Å². The summed E-state index contributed by atoms with van der Waals surface area (Å²) in [5.74, 6) is 0.919. The molecule has 110 valence electrons. The van der Waals surface area contributed by atoms with Crippen LogP contribution in [0.3, 0.4) is 0 Å². The smallest absolute Gasteiger partial charge is 0.321 e. The lowest BCUT2D eigenvalue weighted by Crippen LogP contribution is -2.22. The second-order valence-electron chi connectivity index (χ2n) is 5.27. The number of esters is 1. The van der Waals surface area contributed by atoms with Crippen LogP contribution in [-0.2, 0) is 22.5 Å². The fourth-order valence-electron chi connectivity index (χ4n) is 2.89. The molecule has 1 aliphatic rings. The van der Waals surface area contributed by atoms with Crippen LogP contribution in [0.1, 0.15) is 42.0 Å². The lowest BCUT2D eigenvalue weighted by atomic mass is 9.94. The van der Waals surface area contributed by atoms with Crippen molar-refractivity contribution in [3.8, 4) is 0 Å². The Balaban J connectivity index is 2.08. The van der Waals surface area contributed by atoms with Crippen molar-refractivity contribution in [3.05, 3.63) is 47.0 Å². The number of nitrogens with zero attached hydrogens (tertiary/aromatic N) is 3. The summed E-state index contributed by atoms with van der Waals surface area (Å²) >= 11 is 0. The molecule has 1 atom stereocenters. The third-order valence-corrected chi connectivity index (χ3v) is 3.92. The highest BCUT2D eigenvalue weighted by Gasteiger charge is 2.32. The van der Waals surface area contributed by atoms with E-state index in [0.717, 1.165) is 36.3 Å². The fourth-order valence-corrected chi connectivity index (χ4v) is 2.89. The molecular formula is C16H19N3O2. The van der Waals surface area contributed by atoms with E-state index in [-0.39, 0.29) is 5.97 Å². The summed E-state index contributed by atoms with van der Waals surface area (Å²) < 4.78 is 7.34. The maximum Gasteiger partial charge on any atom is 0.321 e. The van der Waals surface area contributed by atoms with E-state index >= 15 is 0 Å². The molecule has 2 aromatic rings. The minimum absolute atomic E-state index is 0.256. The topological polar surface area (TPSA) is 57.0 Å². The number of ether oxygens (including phenoxy) is 1. The number of benzene rings is 1. The minimum Gasteiger partial charge on any atom is -0.465 e. The molecule has 1 aromatic heterocycles. The van der Waals surface area contributed by atoms with Gasteiger partial charge in [0.05, 0.1) is 6.61 Å². The van der Waals surface area contributed by atoms with Gasteiger partial charge >= 0.3 is 5.97 Å². The van der Waals surface area contributed by atoms with Crippen LogP contribution >= 0.6 is 0 Å². The molecule has 0 bridgehead atoms. The largest absolute Gasteiger partial charge is 0.465 e. The van der Waals surface area contributed by atoms with E-state index in [1.54, 1.807) is 0 Å². The summed E-state index contributed by atoms with van der Waals surface area (Å²) in [6, 6.07) is 7.88. The van der Waals surface area contributed by atoms with E-state index in [2.05, 4.69) is 14.8 Å². The molecule has 0 saturated heterocycles. The summed E-state index contributed by atoms with van der Waals surface area (Å²) in [6.07, 6.45) is 1.98. The van der Waals surface area contributed by atoms with E-state index < -0.39 is 5.92 Å². The van der Waals surface area contributed by atoms with Crippen LogP contribution in [0.2, 0.25) is 0 Å². The average Bonchev–Trinajstić information content (AvgIpc) is 3.06. The standard InChI is InChI=1S/C16H19N3O2/c1-3-21-16(20)14(12-8-5-4-7-11(12)2)15-18-17-13-9-6-10-19(13)15/h4-5,7-8,14H,3,6,9-10H2,1-2H3. The highest BCUT2D eigenvalue weighted by Crippen LogP contribution is 2.29. The Morgan fingerprint density at radius 1 is 1.38 bits per heavy atom. The second kappa shape index (κ2) is 5.68. The summed E-state index contributed by atoms with van der Waals surface area (Å²) in [7, 11) is 0. The number of aryl methyl sites for hydroxylation is 2. The zero-order chi connectivity index (χ0) is 14.8. The second-order valence-corrected chi connectivity index (χ2v) is 5.27. The van der Waals surface area contributed by atoms with Crippen molar-refractivity contribution in [2.75, 3.05) is 6.61 Å². The first-order valence-electron chi connectivity index (χ1n) is 7.36. The van der Waals surface area contributed by atoms with Crippen LogP contribution in [0, 0.1) is 6.92 Å². The number of rotatable bonds is 4. The molecule has 0 saturated carbocycles. The first-order valence-corrected chi connectivity index (χ1v) is 7.36. The van der Waals surface area contributed by atoms with Gasteiger partial charge in [0, 0.05) is 13.0 Å². The quantitative estimate of drug-likeness (QED) is 0.808. The van der Waals surface area contributed by atoms with Gasteiger partial charge in [0.1, 0.15) is 11.7 Å². The van der Waals surface area contributed by atoms with Gasteiger partial charge in [-0.2, -0.15) is 0 Å². The van der Waals surface area contributed by atoms with Crippen molar-refractivity contribution < 1.29 is 9.53 Å². The lowest BCUT2D eigenvalue weighted by Gasteiger charge is -2.17. The lowest BCUT2D eigenvalue weighted by molar-refractivity contribution is -0.144. The van der Waals surface area contributed by atoms with E-state index in [0.29, 0.717) is 12.4 Å². The van der Waals surface area contributed by atoms with Gasteiger partial charge in [0.25, 0.3) is 0 Å². The van der Waals surface area contributed by atoms with Gasteiger partial charge in [-0.15, -0.1) is 10.2 Å². The number of fused-ring (bicyclic) bond motifs is 1. The SMILES string of the molecule is CCOC(=O)C(c1ccccc1C)c1nnc2n1CCC2. The molecule has 0 spiro atoms. The zero-order valence-electron chi connectivity index (χ0n) is 12.4. The van der Waals surface area contributed by atoms with Crippen molar-refractivity contribution in [2.45, 2.75) is 39.2 Å². The molecule has 1 aliphatic heterocycles. The van der Waals surface area contributed by atoms with E-state index in [4.69, 9.17) is 4.74 Å². The van der Waals surface area contributed by atoms with Gasteiger partial charge in [-0.1, -0.05) is 24.3 Å². The van der Waals surface area contributed by atoms with Crippen molar-refractivity contribution >= 4 is 5.97 Å². The Morgan fingerprint density at radius 2 is 2.19 bits per heavy atom. The van der Waals surface area contributed by atoms with E-state index in [9.17, 15) is 4.79 Å². The van der Waals surface area contributed by atoms with Crippen LogP contribution in [0.25, 0.3) is 0 Å². The van der Waals surface area contributed by atoms with Crippen LogP contribution < -0.4 is 0 Å². The van der Waals surface area contributed by atoms with Gasteiger partial charge in [0.15, 0.2) is 5.82 Å². The molecule has 5 nitrogen and oxygen atoms in total. The summed E-state index contributed by atoms with van der Waals surface area (Å²) in [6.45, 7) is 5.06. The Kier molecular flexibility index (Phi) is 3.73. The van der Waals surface area contributed by atoms with E-state index in [1.165, 1.54) is 0 Å². The molecule has 1 unspecified atom stereocenters. The third kappa shape index (κ3) is 2.44. The molecule has 21 heavy (non-hydrogen) atoms. The van der Waals surface area contributed by atoms with Crippen molar-refractivity contribution in [1.82, 2.24) is 14.8 Å². The molecule has 2 heterocycles. The number of hydrogen-bond donors (Lipinski definition) is 0. The third-order valence-electron chi connectivity index (χ3n) is 3.92. The number of aromatic nitrogens is 3. The Morgan fingerprint density at radius 3 is 2.95 bits per heavy atom. The molecule has 0 amide bonds. The molecule has 0 N–H and O–H groups in total. The average molecular weight is 285 g/mol. The molecular weight excluding hydrogens is 266 g/mol. The normalized spacial score (nSPS) is 14.8.